The van der Waals surface area contributed by atoms with E-state index in [0.717, 1.165) is 17.4 Å². The van der Waals surface area contributed by atoms with Gasteiger partial charge in [0, 0.05) is 24.0 Å². The van der Waals surface area contributed by atoms with E-state index in [0.29, 0.717) is 23.4 Å². The summed E-state index contributed by atoms with van der Waals surface area (Å²) in [4.78, 5) is 25.9. The topological polar surface area (TPSA) is 108 Å². The molecule has 0 aliphatic rings. The molecule has 1 aromatic carbocycles. The minimum atomic E-state index is -3.48. The van der Waals surface area contributed by atoms with Gasteiger partial charge in [-0.1, -0.05) is 24.3 Å². The van der Waals surface area contributed by atoms with Gasteiger partial charge in [-0.2, -0.15) is 8.42 Å². The summed E-state index contributed by atoms with van der Waals surface area (Å²) < 4.78 is 35.3. The number of carbonyl (C=O) groups excluding carboxylic acids is 1. The quantitative estimate of drug-likeness (QED) is 0.348. The third kappa shape index (κ3) is 6.58. The van der Waals surface area contributed by atoms with Crippen LogP contribution in [-0.2, 0) is 25.6 Å². The van der Waals surface area contributed by atoms with Gasteiger partial charge in [-0.3, -0.25) is 18.3 Å². The molecule has 9 nitrogen and oxygen atoms in total. The summed E-state index contributed by atoms with van der Waals surface area (Å²) in [5, 5.41) is 2.83. The maximum Gasteiger partial charge on any atom is 0.275 e. The smallest absolute Gasteiger partial charge is 0.275 e. The Labute approximate surface area is 198 Å². The monoisotopic (exact) mass is 487 g/mol. The van der Waals surface area contributed by atoms with Crippen molar-refractivity contribution >= 4 is 27.6 Å². The van der Waals surface area contributed by atoms with Crippen molar-refractivity contribution in [2.24, 2.45) is 0 Å². The van der Waals surface area contributed by atoms with E-state index in [-0.39, 0.29) is 30.7 Å². The van der Waals surface area contributed by atoms with Crippen LogP contribution in [0.3, 0.4) is 0 Å². The van der Waals surface area contributed by atoms with Crippen LogP contribution in [0.25, 0.3) is 22.9 Å². The molecule has 0 bridgehead atoms. The molecule has 34 heavy (non-hydrogen) atoms. The van der Waals surface area contributed by atoms with E-state index in [9.17, 15) is 18.0 Å². The summed E-state index contributed by atoms with van der Waals surface area (Å²) in [6.45, 7) is 3.64. The minimum Gasteiger partial charge on any atom is -0.497 e. The standard InChI is InChI=1S/C24H29N3O6S/c1-17(2)25-23(28)16-27-22(19-9-7-10-20(13-19)32-3)15-26-14-18(12-21(26)24(27)29)8-5-6-11-33-34(4,30)31/h5,7-10,12-15,17H,6,11,16H2,1-4H3,(H,25,28)/b8-5+. The lowest BCUT2D eigenvalue weighted by Crippen LogP contribution is -2.36. The Bertz CT molecular complexity index is 1370. The lowest BCUT2D eigenvalue weighted by molar-refractivity contribution is -0.122. The molecule has 1 N–H and O–H groups in total. The molecule has 10 heteroatoms. The van der Waals surface area contributed by atoms with E-state index in [1.165, 1.54) is 4.57 Å². The van der Waals surface area contributed by atoms with E-state index < -0.39 is 10.1 Å². The summed E-state index contributed by atoms with van der Waals surface area (Å²) >= 11 is 0. The maximum atomic E-state index is 13.4. The number of fused-ring (bicyclic) bond motifs is 1. The van der Waals surface area contributed by atoms with Gasteiger partial charge < -0.3 is 14.5 Å². The molecule has 0 radical (unpaired) electrons. The number of nitrogens with one attached hydrogen (secondary N) is 1. The number of methoxy groups -OCH3 is 1. The highest BCUT2D eigenvalue weighted by Crippen LogP contribution is 2.24. The van der Waals surface area contributed by atoms with Gasteiger partial charge in [-0.05, 0) is 44.0 Å². The maximum absolute atomic E-state index is 13.4. The molecular weight excluding hydrogens is 458 g/mol. The number of aromatic nitrogens is 2. The fourth-order valence-electron chi connectivity index (χ4n) is 3.49. The predicted octanol–water partition coefficient (Wildman–Crippen LogP) is 2.68. The van der Waals surface area contributed by atoms with Gasteiger partial charge in [0.05, 0.1) is 25.7 Å². The lowest BCUT2D eigenvalue weighted by atomic mass is 10.1. The summed E-state index contributed by atoms with van der Waals surface area (Å²) in [5.74, 6) is 0.374. The number of ether oxygens (including phenoxy) is 1. The van der Waals surface area contributed by atoms with Crippen molar-refractivity contribution in [3.8, 4) is 17.0 Å². The molecule has 0 atom stereocenters. The highest BCUT2D eigenvalue weighted by Gasteiger charge is 2.16. The molecule has 2 aromatic heterocycles. The number of carbonyl (C=O) groups is 1. The van der Waals surface area contributed by atoms with Crippen LogP contribution in [-0.4, -0.2) is 49.3 Å². The molecule has 1 amide bonds. The molecule has 0 unspecified atom stereocenters. The van der Waals surface area contributed by atoms with E-state index in [1.807, 2.05) is 38.1 Å². The number of nitrogens with zero attached hydrogens (tertiary/aromatic N) is 2. The Morgan fingerprint density at radius 3 is 2.65 bits per heavy atom. The Kier molecular flexibility index (Phi) is 7.95. The zero-order valence-corrected chi connectivity index (χ0v) is 20.5. The molecule has 0 aliphatic heterocycles. The van der Waals surface area contributed by atoms with Crippen LogP contribution in [0.15, 0.2) is 53.6 Å². The van der Waals surface area contributed by atoms with Crippen molar-refractivity contribution in [2.75, 3.05) is 20.0 Å². The van der Waals surface area contributed by atoms with Crippen molar-refractivity contribution in [3.63, 3.8) is 0 Å². The van der Waals surface area contributed by atoms with Crippen LogP contribution in [0.2, 0.25) is 0 Å². The first-order chi connectivity index (χ1) is 16.1. The first-order valence-corrected chi connectivity index (χ1v) is 12.6. The van der Waals surface area contributed by atoms with Crippen molar-refractivity contribution in [1.29, 1.82) is 0 Å². The second kappa shape index (κ2) is 10.7. The molecule has 0 saturated carbocycles. The molecular formula is C24H29N3O6S. The fraction of sp³-hybridized carbons (Fsp3) is 0.333. The van der Waals surface area contributed by atoms with Gasteiger partial charge in [0.25, 0.3) is 15.7 Å². The zero-order chi connectivity index (χ0) is 24.9. The van der Waals surface area contributed by atoms with Gasteiger partial charge in [-0.25, -0.2) is 0 Å². The Morgan fingerprint density at radius 2 is 1.97 bits per heavy atom. The lowest BCUT2D eigenvalue weighted by Gasteiger charge is -2.16. The first kappa shape index (κ1) is 25.3. The summed E-state index contributed by atoms with van der Waals surface area (Å²) in [6, 6.07) is 8.97. The molecule has 0 saturated heterocycles. The fourth-order valence-corrected chi connectivity index (χ4v) is 3.89. The average Bonchev–Trinajstić information content (AvgIpc) is 3.17. The Hall–Kier alpha value is -3.37. The van der Waals surface area contributed by atoms with E-state index >= 15 is 0 Å². The van der Waals surface area contributed by atoms with Crippen LogP contribution in [0.4, 0.5) is 0 Å². The third-order valence-corrected chi connectivity index (χ3v) is 5.49. The number of hydrogen-bond acceptors (Lipinski definition) is 6. The number of amides is 1. The predicted molar refractivity (Wildman–Crippen MR) is 131 cm³/mol. The summed E-state index contributed by atoms with van der Waals surface area (Å²) in [6.07, 6.45) is 8.57. The largest absolute Gasteiger partial charge is 0.497 e. The van der Waals surface area contributed by atoms with Gasteiger partial charge in [0.2, 0.25) is 5.91 Å². The van der Waals surface area contributed by atoms with Crippen LogP contribution >= 0.6 is 0 Å². The van der Waals surface area contributed by atoms with Crippen LogP contribution in [0.1, 0.15) is 25.8 Å². The SMILES string of the molecule is COc1cccc(-c2cn3cc(/C=C/CCOS(C)(=O)=O)cc3c(=O)n2CC(=O)NC(C)C)c1. The number of hydrogen-bond donors (Lipinski definition) is 1. The Morgan fingerprint density at radius 1 is 1.21 bits per heavy atom. The molecule has 0 fully saturated rings. The van der Waals surface area contributed by atoms with Gasteiger partial charge in [0.15, 0.2) is 0 Å². The van der Waals surface area contributed by atoms with Crippen LogP contribution in [0, 0.1) is 0 Å². The van der Waals surface area contributed by atoms with E-state index in [2.05, 4.69) is 5.32 Å². The highest BCUT2D eigenvalue weighted by molar-refractivity contribution is 7.85. The summed E-state index contributed by atoms with van der Waals surface area (Å²) in [5.41, 5.74) is 2.18. The van der Waals surface area contributed by atoms with Crippen molar-refractivity contribution in [1.82, 2.24) is 14.3 Å². The van der Waals surface area contributed by atoms with E-state index in [1.54, 1.807) is 42.1 Å². The summed E-state index contributed by atoms with van der Waals surface area (Å²) in [7, 11) is -1.91. The van der Waals surface area contributed by atoms with Gasteiger partial charge in [-0.15, -0.1) is 0 Å². The zero-order valence-electron chi connectivity index (χ0n) is 19.6. The van der Waals surface area contributed by atoms with Crippen molar-refractivity contribution in [2.45, 2.75) is 32.9 Å². The normalized spacial score (nSPS) is 12.0. The van der Waals surface area contributed by atoms with Crippen molar-refractivity contribution in [3.05, 3.63) is 64.7 Å². The first-order valence-electron chi connectivity index (χ1n) is 10.8. The molecule has 0 spiro atoms. The second-order valence-electron chi connectivity index (χ2n) is 8.14. The Balaban J connectivity index is 2.01. The third-order valence-electron chi connectivity index (χ3n) is 4.90. The average molecular weight is 488 g/mol. The molecule has 0 aliphatic carbocycles. The van der Waals surface area contributed by atoms with Gasteiger partial charge in [0.1, 0.15) is 17.8 Å². The van der Waals surface area contributed by atoms with Crippen LogP contribution in [0.5, 0.6) is 5.75 Å². The van der Waals surface area contributed by atoms with Crippen molar-refractivity contribution < 1.29 is 22.1 Å². The van der Waals surface area contributed by atoms with Gasteiger partial charge >= 0.3 is 0 Å². The molecule has 2 heterocycles. The van der Waals surface area contributed by atoms with E-state index in [4.69, 9.17) is 8.92 Å². The minimum absolute atomic E-state index is 0.0421. The second-order valence-corrected chi connectivity index (χ2v) is 9.79. The number of benzene rings is 1. The molecule has 3 rings (SSSR count). The highest BCUT2D eigenvalue weighted by atomic mass is 32.2. The molecule has 182 valence electrons. The van der Waals surface area contributed by atoms with Crippen LogP contribution < -0.4 is 15.6 Å². The molecule has 3 aromatic rings. The number of rotatable bonds is 10.